The molecule has 0 saturated carbocycles. The lowest BCUT2D eigenvalue weighted by molar-refractivity contribution is -0.115. The molecule has 1 aromatic carbocycles. The summed E-state index contributed by atoms with van der Waals surface area (Å²) < 4.78 is 16.1. The quantitative estimate of drug-likeness (QED) is 0.836. The van der Waals surface area contributed by atoms with E-state index in [0.29, 0.717) is 28.3 Å². The van der Waals surface area contributed by atoms with E-state index in [0.717, 1.165) is 30.5 Å². The zero-order valence-corrected chi connectivity index (χ0v) is 16.4. The van der Waals surface area contributed by atoms with E-state index in [4.69, 9.17) is 14.2 Å². The second-order valence-electron chi connectivity index (χ2n) is 6.46. The van der Waals surface area contributed by atoms with Crippen molar-refractivity contribution >= 4 is 22.4 Å². The number of carbonyl (C=O) groups is 1. The Balaban J connectivity index is 1.74. The molecule has 0 aliphatic heterocycles. The van der Waals surface area contributed by atoms with Gasteiger partial charge in [0.2, 0.25) is 11.7 Å². The van der Waals surface area contributed by atoms with E-state index in [-0.39, 0.29) is 12.3 Å². The van der Waals surface area contributed by atoms with Gasteiger partial charge < -0.3 is 19.5 Å². The van der Waals surface area contributed by atoms with Crippen molar-refractivity contribution in [2.24, 2.45) is 5.92 Å². The van der Waals surface area contributed by atoms with Crippen LogP contribution in [0.3, 0.4) is 0 Å². The molecule has 1 aliphatic carbocycles. The lowest BCUT2D eigenvalue weighted by atomic mass is 9.93. The number of carbonyl (C=O) groups excluding carboxylic acids is 1. The number of aryl methyl sites for hydroxylation is 1. The summed E-state index contributed by atoms with van der Waals surface area (Å²) >= 11 is 1.58. The fraction of sp³-hybridized carbons (Fsp3) is 0.474. The van der Waals surface area contributed by atoms with Crippen molar-refractivity contribution in [1.29, 1.82) is 0 Å². The van der Waals surface area contributed by atoms with E-state index in [1.165, 1.54) is 4.88 Å². The number of hydrogen-bond acceptors (Lipinski definition) is 6. The average molecular weight is 376 g/mol. The third-order valence-electron chi connectivity index (χ3n) is 4.57. The molecule has 1 aromatic heterocycles. The lowest BCUT2D eigenvalue weighted by Gasteiger charge is -2.15. The van der Waals surface area contributed by atoms with E-state index in [2.05, 4.69) is 17.2 Å². The van der Waals surface area contributed by atoms with Crippen LogP contribution >= 0.6 is 11.3 Å². The molecule has 1 heterocycles. The Morgan fingerprint density at radius 1 is 1.23 bits per heavy atom. The smallest absolute Gasteiger partial charge is 0.230 e. The van der Waals surface area contributed by atoms with Gasteiger partial charge in [0.1, 0.15) is 0 Å². The van der Waals surface area contributed by atoms with E-state index in [9.17, 15) is 4.79 Å². The predicted octanol–water partition coefficient (Wildman–Crippen LogP) is 3.47. The molecule has 2 aromatic rings. The number of aromatic nitrogens is 1. The van der Waals surface area contributed by atoms with Crippen molar-refractivity contribution in [1.82, 2.24) is 4.98 Å². The highest BCUT2D eigenvalue weighted by Crippen LogP contribution is 2.40. The topological polar surface area (TPSA) is 69.7 Å². The number of methoxy groups -OCH3 is 3. The number of amides is 1. The number of anilines is 1. The molecule has 1 atom stereocenters. The molecule has 6 nitrogen and oxygen atoms in total. The monoisotopic (exact) mass is 376 g/mol. The lowest BCUT2D eigenvalue weighted by Crippen LogP contribution is -2.15. The molecule has 0 radical (unpaired) electrons. The van der Waals surface area contributed by atoms with Gasteiger partial charge in [-0.05, 0) is 31.2 Å². The Morgan fingerprint density at radius 3 is 2.69 bits per heavy atom. The minimum atomic E-state index is -0.130. The minimum Gasteiger partial charge on any atom is -0.493 e. The number of rotatable bonds is 6. The first-order valence-electron chi connectivity index (χ1n) is 8.62. The van der Waals surface area contributed by atoms with Gasteiger partial charge >= 0.3 is 0 Å². The van der Waals surface area contributed by atoms with Gasteiger partial charge in [0.05, 0.1) is 33.4 Å². The maximum absolute atomic E-state index is 12.5. The van der Waals surface area contributed by atoms with Crippen molar-refractivity contribution in [3.63, 3.8) is 0 Å². The Kier molecular flexibility index (Phi) is 5.66. The molecule has 3 rings (SSSR count). The molecular formula is C19H24N2O4S. The second kappa shape index (κ2) is 7.95. The van der Waals surface area contributed by atoms with Gasteiger partial charge in [-0.2, -0.15) is 0 Å². The van der Waals surface area contributed by atoms with Crippen LogP contribution in [0, 0.1) is 5.92 Å². The molecule has 1 aliphatic rings. The Bertz CT molecular complexity index is 803. The molecule has 140 valence electrons. The highest BCUT2D eigenvalue weighted by Gasteiger charge is 2.22. The Hall–Kier alpha value is -2.28. The summed E-state index contributed by atoms with van der Waals surface area (Å²) in [7, 11) is 4.66. The van der Waals surface area contributed by atoms with Crippen LogP contribution in [0.25, 0.3) is 0 Å². The van der Waals surface area contributed by atoms with Crippen LogP contribution in [0.2, 0.25) is 0 Å². The summed E-state index contributed by atoms with van der Waals surface area (Å²) in [4.78, 5) is 18.4. The number of benzene rings is 1. The molecular weight excluding hydrogens is 352 g/mol. The number of fused-ring (bicyclic) bond motifs is 1. The summed E-state index contributed by atoms with van der Waals surface area (Å²) in [5, 5.41) is 3.60. The van der Waals surface area contributed by atoms with Crippen LogP contribution in [-0.4, -0.2) is 32.2 Å². The van der Waals surface area contributed by atoms with Gasteiger partial charge in [-0.3, -0.25) is 4.79 Å². The number of thiazole rings is 1. The number of nitrogens with one attached hydrogen (secondary N) is 1. The molecule has 7 heteroatoms. The summed E-state index contributed by atoms with van der Waals surface area (Å²) in [5.41, 5.74) is 1.87. The van der Waals surface area contributed by atoms with Gasteiger partial charge in [-0.1, -0.05) is 13.0 Å². The van der Waals surface area contributed by atoms with Crippen LogP contribution in [-0.2, 0) is 24.1 Å². The summed E-state index contributed by atoms with van der Waals surface area (Å²) in [6.07, 6.45) is 3.37. The van der Waals surface area contributed by atoms with Crippen molar-refractivity contribution in [2.75, 3.05) is 26.6 Å². The summed E-state index contributed by atoms with van der Waals surface area (Å²) in [5.74, 6) is 2.11. The Morgan fingerprint density at radius 2 is 2.00 bits per heavy atom. The number of ether oxygens (including phenoxy) is 3. The molecule has 0 fully saturated rings. The van der Waals surface area contributed by atoms with Crippen LogP contribution in [0.5, 0.6) is 17.2 Å². The van der Waals surface area contributed by atoms with Crippen LogP contribution in [0.1, 0.15) is 29.5 Å². The highest BCUT2D eigenvalue weighted by atomic mass is 32.1. The standard InChI is InChI=1S/C19H24N2O4S/c1-11-5-7-13-15(9-11)26-19(20-13)21-16(22)10-12-6-8-14(23-2)18(25-4)17(12)24-3/h6,8,11H,5,7,9-10H2,1-4H3,(H,20,21,22). The van der Waals surface area contributed by atoms with Gasteiger partial charge in [-0.15, -0.1) is 11.3 Å². The zero-order valence-electron chi connectivity index (χ0n) is 15.5. The highest BCUT2D eigenvalue weighted by molar-refractivity contribution is 7.15. The van der Waals surface area contributed by atoms with E-state index in [1.807, 2.05) is 6.07 Å². The fourth-order valence-corrected chi connectivity index (χ4v) is 4.42. The Labute approximate surface area is 157 Å². The normalized spacial score (nSPS) is 15.9. The summed E-state index contributed by atoms with van der Waals surface area (Å²) in [6, 6.07) is 3.59. The predicted molar refractivity (Wildman–Crippen MR) is 102 cm³/mol. The van der Waals surface area contributed by atoms with E-state index < -0.39 is 0 Å². The van der Waals surface area contributed by atoms with Crippen molar-refractivity contribution < 1.29 is 19.0 Å². The van der Waals surface area contributed by atoms with Gasteiger partial charge in [0.15, 0.2) is 16.6 Å². The van der Waals surface area contributed by atoms with Gasteiger partial charge in [0.25, 0.3) is 0 Å². The third kappa shape index (κ3) is 3.77. The van der Waals surface area contributed by atoms with Gasteiger partial charge in [0, 0.05) is 10.4 Å². The van der Waals surface area contributed by atoms with E-state index >= 15 is 0 Å². The largest absolute Gasteiger partial charge is 0.493 e. The van der Waals surface area contributed by atoms with Gasteiger partial charge in [-0.25, -0.2) is 4.98 Å². The van der Waals surface area contributed by atoms with E-state index in [1.54, 1.807) is 38.7 Å². The minimum absolute atomic E-state index is 0.130. The first-order chi connectivity index (χ1) is 12.5. The van der Waals surface area contributed by atoms with Crippen LogP contribution in [0.15, 0.2) is 12.1 Å². The second-order valence-corrected chi connectivity index (χ2v) is 7.54. The molecule has 1 unspecified atom stereocenters. The fourth-order valence-electron chi connectivity index (χ4n) is 3.23. The number of hydrogen-bond donors (Lipinski definition) is 1. The van der Waals surface area contributed by atoms with Crippen molar-refractivity contribution in [3.8, 4) is 17.2 Å². The molecule has 1 N–H and O–H groups in total. The molecule has 0 bridgehead atoms. The number of nitrogens with zero attached hydrogens (tertiary/aromatic N) is 1. The molecule has 0 spiro atoms. The maximum Gasteiger partial charge on any atom is 0.230 e. The first kappa shape index (κ1) is 18.5. The average Bonchev–Trinajstić information content (AvgIpc) is 3.02. The van der Waals surface area contributed by atoms with Crippen molar-refractivity contribution in [3.05, 3.63) is 28.3 Å². The molecule has 0 saturated heterocycles. The summed E-state index contributed by atoms with van der Waals surface area (Å²) in [6.45, 7) is 2.25. The van der Waals surface area contributed by atoms with Crippen molar-refractivity contribution in [2.45, 2.75) is 32.6 Å². The van der Waals surface area contributed by atoms with Crippen LogP contribution < -0.4 is 19.5 Å². The first-order valence-corrected chi connectivity index (χ1v) is 9.43. The van der Waals surface area contributed by atoms with Crippen LogP contribution in [0.4, 0.5) is 5.13 Å². The SMILES string of the molecule is COc1ccc(CC(=O)Nc2nc3c(s2)CC(C)CC3)c(OC)c1OC. The zero-order chi connectivity index (χ0) is 18.7. The maximum atomic E-state index is 12.5. The third-order valence-corrected chi connectivity index (χ3v) is 5.60. The molecule has 26 heavy (non-hydrogen) atoms. The molecule has 1 amide bonds.